The minimum Gasteiger partial charge on any atom is -0.326 e. The third-order valence-corrected chi connectivity index (χ3v) is 3.33. The van der Waals surface area contributed by atoms with Crippen molar-refractivity contribution >= 4 is 21.7 Å². The first-order valence-corrected chi connectivity index (χ1v) is 6.55. The Morgan fingerprint density at radius 2 is 1.78 bits per heavy atom. The second-order valence-electron chi connectivity index (χ2n) is 4.08. The summed E-state index contributed by atoms with van der Waals surface area (Å²) in [4.78, 5) is 12.1. The highest BCUT2D eigenvalue weighted by molar-refractivity contribution is 9.10. The van der Waals surface area contributed by atoms with Crippen molar-refractivity contribution in [3.8, 4) is 0 Å². The Hall–Kier alpha value is -1.45. The topological polar surface area (TPSA) is 43.1 Å². The van der Waals surface area contributed by atoms with Crippen LogP contribution in [0.15, 0.2) is 53.0 Å². The van der Waals surface area contributed by atoms with Crippen molar-refractivity contribution in [2.24, 2.45) is 5.73 Å². The van der Waals surface area contributed by atoms with Gasteiger partial charge in [0, 0.05) is 23.0 Å². The molecule has 0 aliphatic rings. The summed E-state index contributed by atoms with van der Waals surface area (Å²) in [5.41, 5.74) is 8.44. The van der Waals surface area contributed by atoms with E-state index in [9.17, 15) is 4.79 Å². The van der Waals surface area contributed by atoms with Crippen LogP contribution in [0.5, 0.6) is 0 Å². The number of carbonyl (C=O) groups is 1. The lowest BCUT2D eigenvalue weighted by Gasteiger charge is -2.08. The van der Waals surface area contributed by atoms with Crippen LogP contribution in [0.3, 0.4) is 0 Å². The Labute approximate surface area is 115 Å². The predicted molar refractivity (Wildman–Crippen MR) is 76.5 cm³/mol. The van der Waals surface area contributed by atoms with E-state index in [0.717, 1.165) is 21.2 Å². The Kier molecular flexibility index (Phi) is 4.28. The highest BCUT2D eigenvalue weighted by Gasteiger charge is 2.09. The number of benzene rings is 2. The average molecular weight is 304 g/mol. The lowest BCUT2D eigenvalue weighted by atomic mass is 9.99. The van der Waals surface area contributed by atoms with Gasteiger partial charge in [-0.3, -0.25) is 4.79 Å². The molecule has 0 atom stereocenters. The molecule has 0 radical (unpaired) electrons. The van der Waals surface area contributed by atoms with Crippen LogP contribution < -0.4 is 5.73 Å². The van der Waals surface area contributed by atoms with E-state index in [4.69, 9.17) is 5.73 Å². The molecule has 0 heterocycles. The predicted octanol–water partition coefficient (Wildman–Crippen LogP) is 3.33. The fourth-order valence-electron chi connectivity index (χ4n) is 1.86. The summed E-state index contributed by atoms with van der Waals surface area (Å²) in [5, 5.41) is 0. The second kappa shape index (κ2) is 5.94. The highest BCUT2D eigenvalue weighted by Crippen LogP contribution is 2.18. The fraction of sp³-hybridized carbons (Fsp3) is 0.133. The Morgan fingerprint density at radius 1 is 1.06 bits per heavy atom. The molecule has 0 unspecified atom stereocenters. The van der Waals surface area contributed by atoms with E-state index in [-0.39, 0.29) is 5.78 Å². The van der Waals surface area contributed by atoms with Gasteiger partial charge in [0.1, 0.15) is 0 Å². The van der Waals surface area contributed by atoms with Gasteiger partial charge in [-0.2, -0.15) is 0 Å². The van der Waals surface area contributed by atoms with Gasteiger partial charge in [-0.05, 0) is 23.3 Å². The van der Waals surface area contributed by atoms with Crippen LogP contribution >= 0.6 is 15.9 Å². The van der Waals surface area contributed by atoms with Crippen molar-refractivity contribution in [1.29, 1.82) is 0 Å². The van der Waals surface area contributed by atoms with Gasteiger partial charge in [-0.25, -0.2) is 0 Å². The summed E-state index contributed by atoms with van der Waals surface area (Å²) in [7, 11) is 0. The van der Waals surface area contributed by atoms with E-state index in [1.165, 1.54) is 0 Å². The van der Waals surface area contributed by atoms with Crippen LogP contribution in [-0.4, -0.2) is 5.78 Å². The van der Waals surface area contributed by atoms with Gasteiger partial charge in [0.25, 0.3) is 0 Å². The van der Waals surface area contributed by atoms with Crippen molar-refractivity contribution in [3.63, 3.8) is 0 Å². The molecule has 0 aliphatic heterocycles. The molecule has 0 spiro atoms. The highest BCUT2D eigenvalue weighted by atomic mass is 79.9. The van der Waals surface area contributed by atoms with E-state index < -0.39 is 0 Å². The molecule has 0 aliphatic carbocycles. The maximum Gasteiger partial charge on any atom is 0.167 e. The molecule has 0 bridgehead atoms. The normalized spacial score (nSPS) is 10.3. The maximum atomic E-state index is 12.1. The molecule has 0 amide bonds. The van der Waals surface area contributed by atoms with Crippen LogP contribution in [-0.2, 0) is 13.0 Å². The second-order valence-corrected chi connectivity index (χ2v) is 5.00. The van der Waals surface area contributed by atoms with E-state index in [1.807, 2.05) is 48.5 Å². The molecule has 2 aromatic rings. The standard InChI is InChI=1S/C15H14BrNO/c16-14-7-6-12(13(8-14)10-17)9-15(18)11-4-2-1-3-5-11/h1-8H,9-10,17H2. The average Bonchev–Trinajstić information content (AvgIpc) is 2.41. The van der Waals surface area contributed by atoms with Gasteiger partial charge in [-0.1, -0.05) is 52.3 Å². The third kappa shape index (κ3) is 3.06. The molecule has 0 saturated carbocycles. The molecule has 92 valence electrons. The summed E-state index contributed by atoms with van der Waals surface area (Å²) in [6, 6.07) is 15.2. The van der Waals surface area contributed by atoms with Crippen LogP contribution in [0.25, 0.3) is 0 Å². The number of hydrogen-bond acceptors (Lipinski definition) is 2. The van der Waals surface area contributed by atoms with Crippen LogP contribution in [0.2, 0.25) is 0 Å². The summed E-state index contributed by atoms with van der Waals surface area (Å²) in [6.45, 7) is 0.441. The molecular formula is C15H14BrNO. The largest absolute Gasteiger partial charge is 0.326 e. The van der Waals surface area contributed by atoms with Gasteiger partial charge in [0.15, 0.2) is 5.78 Å². The Morgan fingerprint density at radius 3 is 2.44 bits per heavy atom. The van der Waals surface area contributed by atoms with E-state index >= 15 is 0 Å². The minimum absolute atomic E-state index is 0.118. The van der Waals surface area contributed by atoms with Gasteiger partial charge in [0.2, 0.25) is 0 Å². The van der Waals surface area contributed by atoms with E-state index in [1.54, 1.807) is 0 Å². The van der Waals surface area contributed by atoms with Crippen molar-refractivity contribution in [2.75, 3.05) is 0 Å². The molecule has 2 N–H and O–H groups in total. The maximum absolute atomic E-state index is 12.1. The molecule has 3 heteroatoms. The summed E-state index contributed by atoms with van der Waals surface area (Å²) in [6.07, 6.45) is 0.393. The van der Waals surface area contributed by atoms with E-state index in [2.05, 4.69) is 15.9 Å². The summed E-state index contributed by atoms with van der Waals surface area (Å²) >= 11 is 3.41. The fourth-order valence-corrected chi connectivity index (χ4v) is 2.26. The number of nitrogens with two attached hydrogens (primary N) is 1. The quantitative estimate of drug-likeness (QED) is 0.880. The van der Waals surface area contributed by atoms with Crippen molar-refractivity contribution in [3.05, 3.63) is 69.7 Å². The van der Waals surface area contributed by atoms with Crippen molar-refractivity contribution < 1.29 is 4.79 Å². The monoisotopic (exact) mass is 303 g/mol. The molecule has 18 heavy (non-hydrogen) atoms. The van der Waals surface area contributed by atoms with Crippen molar-refractivity contribution in [2.45, 2.75) is 13.0 Å². The summed E-state index contributed by atoms with van der Waals surface area (Å²) < 4.78 is 0.985. The zero-order valence-electron chi connectivity index (χ0n) is 9.90. The number of halogens is 1. The van der Waals surface area contributed by atoms with Gasteiger partial charge in [-0.15, -0.1) is 0 Å². The zero-order chi connectivity index (χ0) is 13.0. The Balaban J connectivity index is 2.22. The third-order valence-electron chi connectivity index (χ3n) is 2.83. The van der Waals surface area contributed by atoms with Gasteiger partial charge >= 0.3 is 0 Å². The molecular weight excluding hydrogens is 290 g/mol. The number of rotatable bonds is 4. The van der Waals surface area contributed by atoms with Crippen molar-refractivity contribution in [1.82, 2.24) is 0 Å². The first-order valence-electron chi connectivity index (χ1n) is 5.76. The number of ketones is 1. The van der Waals surface area contributed by atoms with Crippen LogP contribution in [0.4, 0.5) is 0 Å². The molecule has 2 rings (SSSR count). The number of Topliss-reactive ketones (excluding diaryl/α,β-unsaturated/α-hetero) is 1. The number of carbonyl (C=O) groups excluding carboxylic acids is 1. The molecule has 0 aromatic heterocycles. The molecule has 2 aromatic carbocycles. The van der Waals surface area contributed by atoms with Gasteiger partial charge in [0.05, 0.1) is 0 Å². The molecule has 2 nitrogen and oxygen atoms in total. The lowest BCUT2D eigenvalue weighted by molar-refractivity contribution is 0.0992. The first-order chi connectivity index (χ1) is 8.70. The smallest absolute Gasteiger partial charge is 0.167 e. The van der Waals surface area contributed by atoms with Gasteiger partial charge < -0.3 is 5.73 Å². The first kappa shape index (κ1) is 13.0. The molecule has 0 saturated heterocycles. The summed E-state index contributed by atoms with van der Waals surface area (Å²) in [5.74, 6) is 0.118. The zero-order valence-corrected chi connectivity index (χ0v) is 11.5. The van der Waals surface area contributed by atoms with E-state index in [0.29, 0.717) is 13.0 Å². The van der Waals surface area contributed by atoms with Crippen LogP contribution in [0.1, 0.15) is 21.5 Å². The molecule has 0 fully saturated rings. The Bertz CT molecular complexity index is 552. The number of hydrogen-bond donors (Lipinski definition) is 1. The SMILES string of the molecule is NCc1cc(Br)ccc1CC(=O)c1ccccc1. The minimum atomic E-state index is 0.118. The lowest BCUT2D eigenvalue weighted by Crippen LogP contribution is -2.08. The van der Waals surface area contributed by atoms with Crippen LogP contribution in [0, 0.1) is 0 Å².